The van der Waals surface area contributed by atoms with E-state index in [2.05, 4.69) is 17.2 Å². The Morgan fingerprint density at radius 3 is 2.84 bits per heavy atom. The highest BCUT2D eigenvalue weighted by Gasteiger charge is 2.41. The maximum Gasteiger partial charge on any atom is 0.225 e. The van der Waals surface area contributed by atoms with Gasteiger partial charge in [0.1, 0.15) is 5.82 Å². The first-order valence-corrected chi connectivity index (χ1v) is 9.54. The summed E-state index contributed by atoms with van der Waals surface area (Å²) >= 11 is 0. The van der Waals surface area contributed by atoms with Crippen LogP contribution in [0.5, 0.6) is 0 Å². The molecule has 25 heavy (non-hydrogen) atoms. The van der Waals surface area contributed by atoms with Crippen LogP contribution < -0.4 is 5.32 Å². The van der Waals surface area contributed by atoms with Crippen LogP contribution in [-0.4, -0.2) is 45.8 Å². The molecule has 0 unspecified atom stereocenters. The molecule has 0 aromatic carbocycles. The van der Waals surface area contributed by atoms with Crippen molar-refractivity contribution < 1.29 is 9.59 Å². The zero-order chi connectivity index (χ0) is 17.4. The largest absolute Gasteiger partial charge is 0.355 e. The van der Waals surface area contributed by atoms with E-state index < -0.39 is 0 Å². The zero-order valence-electron chi connectivity index (χ0n) is 14.9. The summed E-state index contributed by atoms with van der Waals surface area (Å²) in [5.41, 5.74) is 3.61. The SMILES string of the molecule is Cc1nc(CCNC(=O)[C@@H]2CC(=O)N(C3CC3)C2)nc2c1CCCC2. The summed E-state index contributed by atoms with van der Waals surface area (Å²) in [6, 6.07) is 0.400. The lowest BCUT2D eigenvalue weighted by Crippen LogP contribution is -2.34. The monoisotopic (exact) mass is 342 g/mol. The first-order chi connectivity index (χ1) is 12.1. The van der Waals surface area contributed by atoms with E-state index in [1.165, 1.54) is 24.1 Å². The van der Waals surface area contributed by atoms with Crippen molar-refractivity contribution in [3.63, 3.8) is 0 Å². The van der Waals surface area contributed by atoms with Crippen LogP contribution in [0.25, 0.3) is 0 Å². The van der Waals surface area contributed by atoms with Gasteiger partial charge in [-0.25, -0.2) is 9.97 Å². The summed E-state index contributed by atoms with van der Waals surface area (Å²) in [5, 5.41) is 2.98. The van der Waals surface area contributed by atoms with Crippen molar-refractivity contribution in [3.8, 4) is 0 Å². The summed E-state index contributed by atoms with van der Waals surface area (Å²) in [5.74, 6) is 0.752. The summed E-state index contributed by atoms with van der Waals surface area (Å²) in [4.78, 5) is 35.5. The fourth-order valence-corrected chi connectivity index (χ4v) is 4.04. The van der Waals surface area contributed by atoms with Crippen molar-refractivity contribution in [2.45, 2.75) is 64.3 Å². The third-order valence-electron chi connectivity index (χ3n) is 5.60. The molecule has 1 aromatic rings. The number of hydrogen-bond acceptors (Lipinski definition) is 4. The highest BCUT2D eigenvalue weighted by Crippen LogP contribution is 2.32. The molecule has 1 aliphatic heterocycles. The number of fused-ring (bicyclic) bond motifs is 1. The Balaban J connectivity index is 1.30. The van der Waals surface area contributed by atoms with Gasteiger partial charge in [-0.3, -0.25) is 9.59 Å². The Bertz CT molecular complexity index is 699. The number of nitrogens with zero attached hydrogens (tertiary/aromatic N) is 3. The standard InChI is InChI=1S/C19H26N4O2/c1-12-15-4-2-3-5-16(15)22-17(21-12)8-9-20-19(25)13-10-18(24)23(11-13)14-6-7-14/h13-14H,2-11H2,1H3,(H,20,25)/t13-/m1/s1. The summed E-state index contributed by atoms with van der Waals surface area (Å²) in [6.45, 7) is 3.18. The molecule has 1 atom stereocenters. The number of amides is 2. The number of nitrogens with one attached hydrogen (secondary N) is 1. The highest BCUT2D eigenvalue weighted by molar-refractivity contribution is 5.89. The molecule has 0 bridgehead atoms. The molecular weight excluding hydrogens is 316 g/mol. The van der Waals surface area contributed by atoms with Crippen LogP contribution >= 0.6 is 0 Å². The molecule has 6 heteroatoms. The van der Waals surface area contributed by atoms with Crippen molar-refractivity contribution in [2.24, 2.45) is 5.92 Å². The molecule has 134 valence electrons. The number of aromatic nitrogens is 2. The predicted molar refractivity (Wildman–Crippen MR) is 93.0 cm³/mol. The topological polar surface area (TPSA) is 75.2 Å². The molecule has 2 aliphatic carbocycles. The number of carbonyl (C=O) groups is 2. The Kier molecular flexibility index (Phi) is 4.44. The second-order valence-corrected chi connectivity index (χ2v) is 7.58. The number of hydrogen-bond donors (Lipinski definition) is 1. The highest BCUT2D eigenvalue weighted by atomic mass is 16.2. The van der Waals surface area contributed by atoms with Crippen molar-refractivity contribution in [1.82, 2.24) is 20.2 Å². The van der Waals surface area contributed by atoms with Crippen LogP contribution in [0.1, 0.15) is 54.9 Å². The molecule has 1 N–H and O–H groups in total. The van der Waals surface area contributed by atoms with Gasteiger partial charge in [0.25, 0.3) is 0 Å². The number of aryl methyl sites for hydroxylation is 2. The van der Waals surface area contributed by atoms with E-state index in [9.17, 15) is 9.59 Å². The molecule has 1 saturated carbocycles. The first-order valence-electron chi connectivity index (χ1n) is 9.54. The van der Waals surface area contributed by atoms with E-state index in [0.717, 1.165) is 37.2 Å². The van der Waals surface area contributed by atoms with Gasteiger partial charge in [-0.1, -0.05) is 0 Å². The van der Waals surface area contributed by atoms with Gasteiger partial charge in [0.2, 0.25) is 11.8 Å². The number of likely N-dealkylation sites (tertiary alicyclic amines) is 1. The molecule has 0 spiro atoms. The van der Waals surface area contributed by atoms with Gasteiger partial charge in [-0.05, 0) is 51.0 Å². The Morgan fingerprint density at radius 2 is 2.04 bits per heavy atom. The normalized spacial score (nSPS) is 22.8. The summed E-state index contributed by atoms with van der Waals surface area (Å²) < 4.78 is 0. The quantitative estimate of drug-likeness (QED) is 0.876. The maximum absolute atomic E-state index is 12.3. The third kappa shape index (κ3) is 3.53. The number of rotatable bonds is 5. The lowest BCUT2D eigenvalue weighted by molar-refractivity contribution is -0.129. The molecule has 1 aromatic heterocycles. The minimum absolute atomic E-state index is 0.00816. The van der Waals surface area contributed by atoms with Crippen LogP contribution in [0, 0.1) is 12.8 Å². The molecule has 2 fully saturated rings. The van der Waals surface area contributed by atoms with Crippen molar-refractivity contribution in [3.05, 3.63) is 22.8 Å². The van der Waals surface area contributed by atoms with E-state index in [0.29, 0.717) is 32.0 Å². The van der Waals surface area contributed by atoms with Gasteiger partial charge in [0.05, 0.1) is 5.92 Å². The average Bonchev–Trinajstić information content (AvgIpc) is 3.37. The molecule has 3 aliphatic rings. The molecule has 0 radical (unpaired) electrons. The fourth-order valence-electron chi connectivity index (χ4n) is 4.04. The van der Waals surface area contributed by atoms with Gasteiger partial charge in [0.15, 0.2) is 0 Å². The minimum Gasteiger partial charge on any atom is -0.355 e. The third-order valence-corrected chi connectivity index (χ3v) is 5.60. The van der Waals surface area contributed by atoms with Crippen LogP contribution in [0.15, 0.2) is 0 Å². The second-order valence-electron chi connectivity index (χ2n) is 7.58. The van der Waals surface area contributed by atoms with Crippen molar-refractivity contribution >= 4 is 11.8 Å². The van der Waals surface area contributed by atoms with Crippen molar-refractivity contribution in [1.29, 1.82) is 0 Å². The number of carbonyl (C=O) groups excluding carboxylic acids is 2. The average molecular weight is 342 g/mol. The maximum atomic E-state index is 12.3. The van der Waals surface area contributed by atoms with Gasteiger partial charge in [-0.2, -0.15) is 0 Å². The van der Waals surface area contributed by atoms with Crippen LogP contribution in [0.2, 0.25) is 0 Å². The Morgan fingerprint density at radius 1 is 1.24 bits per heavy atom. The summed E-state index contributed by atoms with van der Waals surface area (Å²) in [7, 11) is 0. The van der Waals surface area contributed by atoms with E-state index in [-0.39, 0.29) is 17.7 Å². The van der Waals surface area contributed by atoms with E-state index in [4.69, 9.17) is 4.98 Å². The fraction of sp³-hybridized carbons (Fsp3) is 0.684. The Labute approximate surface area is 148 Å². The van der Waals surface area contributed by atoms with Crippen molar-refractivity contribution in [2.75, 3.05) is 13.1 Å². The first kappa shape index (κ1) is 16.5. The lowest BCUT2D eigenvalue weighted by Gasteiger charge is -2.18. The smallest absolute Gasteiger partial charge is 0.225 e. The molecule has 6 nitrogen and oxygen atoms in total. The van der Waals surface area contributed by atoms with Gasteiger partial charge < -0.3 is 10.2 Å². The summed E-state index contributed by atoms with van der Waals surface area (Å²) in [6.07, 6.45) is 7.75. The van der Waals surface area contributed by atoms with Gasteiger partial charge >= 0.3 is 0 Å². The van der Waals surface area contributed by atoms with Crippen LogP contribution in [-0.2, 0) is 28.9 Å². The van der Waals surface area contributed by atoms with E-state index >= 15 is 0 Å². The zero-order valence-corrected chi connectivity index (χ0v) is 14.9. The van der Waals surface area contributed by atoms with E-state index in [1.54, 1.807) is 0 Å². The lowest BCUT2D eigenvalue weighted by atomic mass is 9.95. The van der Waals surface area contributed by atoms with Gasteiger partial charge in [0, 0.05) is 43.4 Å². The second kappa shape index (κ2) is 6.73. The van der Waals surface area contributed by atoms with Crippen LogP contribution in [0.4, 0.5) is 0 Å². The molecule has 4 rings (SSSR count). The minimum atomic E-state index is -0.195. The predicted octanol–water partition coefficient (Wildman–Crippen LogP) is 1.33. The molecule has 2 amide bonds. The molecule has 2 heterocycles. The van der Waals surface area contributed by atoms with Crippen LogP contribution in [0.3, 0.4) is 0 Å². The van der Waals surface area contributed by atoms with Gasteiger partial charge in [-0.15, -0.1) is 0 Å². The molecule has 1 saturated heterocycles. The van der Waals surface area contributed by atoms with E-state index in [1.807, 2.05) is 4.90 Å². The molecular formula is C19H26N4O2. The Hall–Kier alpha value is -1.98.